The van der Waals surface area contributed by atoms with E-state index in [1.807, 2.05) is 24.3 Å². The molecule has 0 unspecified atom stereocenters. The van der Waals surface area contributed by atoms with E-state index in [9.17, 15) is 0 Å². The SMILES string of the molecule is Br[13c]1[13cH][13cH][13cH][13c](Br)[13cH]1. The van der Waals surface area contributed by atoms with E-state index in [1.165, 1.54) is 0 Å². The lowest BCUT2D eigenvalue weighted by Gasteiger charge is -1.87. The topological polar surface area (TPSA) is 0 Å². The summed E-state index contributed by atoms with van der Waals surface area (Å²) in [4.78, 5) is 0. The van der Waals surface area contributed by atoms with Gasteiger partial charge in [0.05, 0.1) is 0 Å². The van der Waals surface area contributed by atoms with Crippen LogP contribution in [0.1, 0.15) is 0 Å². The van der Waals surface area contributed by atoms with Crippen LogP contribution in [0.4, 0.5) is 0 Å². The Labute approximate surface area is 65.2 Å². The van der Waals surface area contributed by atoms with Crippen molar-refractivity contribution in [3.05, 3.63) is 33.2 Å². The Morgan fingerprint density at radius 3 is 1.75 bits per heavy atom. The third-order valence-electron chi connectivity index (χ3n) is 0.787. The molecule has 1 aromatic carbocycles. The van der Waals surface area contributed by atoms with E-state index in [1.54, 1.807) is 0 Å². The summed E-state index contributed by atoms with van der Waals surface area (Å²) in [6.07, 6.45) is 0. The molecule has 1 aromatic rings. The number of halogens is 2. The largest absolute Gasteiger partial charge is 0.0600 e. The molecule has 0 atom stereocenters. The molecule has 0 nitrogen and oxygen atoms in total. The van der Waals surface area contributed by atoms with Crippen molar-refractivity contribution in [2.45, 2.75) is 0 Å². The monoisotopic (exact) mass is 240 g/mol. The van der Waals surface area contributed by atoms with E-state index in [0.29, 0.717) is 0 Å². The van der Waals surface area contributed by atoms with E-state index in [4.69, 9.17) is 0 Å². The van der Waals surface area contributed by atoms with Gasteiger partial charge in [0.15, 0.2) is 0 Å². The average molecular weight is 242 g/mol. The van der Waals surface area contributed by atoms with Gasteiger partial charge in [-0.3, -0.25) is 0 Å². The highest BCUT2D eigenvalue weighted by atomic mass is 79.9. The molecule has 8 heavy (non-hydrogen) atoms. The molecule has 0 spiro atoms. The number of rotatable bonds is 0. The first kappa shape index (κ1) is 6.30. The minimum Gasteiger partial charge on any atom is -0.0600 e. The molecule has 0 radical (unpaired) electrons. The molecule has 42 valence electrons. The Kier molecular flexibility index (Phi) is 2.08. The molecule has 0 amide bonds. The van der Waals surface area contributed by atoms with Gasteiger partial charge in [-0.1, -0.05) is 37.9 Å². The van der Waals surface area contributed by atoms with Crippen molar-refractivity contribution in [3.8, 4) is 0 Å². The molecule has 0 bridgehead atoms. The average Bonchev–Trinajstić information content (AvgIpc) is 1.64. The van der Waals surface area contributed by atoms with Crippen LogP contribution in [0.15, 0.2) is 33.2 Å². The molecule has 0 aliphatic carbocycles. The quantitative estimate of drug-likeness (QED) is 0.655. The fourth-order valence-electron chi connectivity index (χ4n) is 0.460. The van der Waals surface area contributed by atoms with E-state index < -0.39 is 0 Å². The summed E-state index contributed by atoms with van der Waals surface area (Å²) in [6.45, 7) is 0. The van der Waals surface area contributed by atoms with Crippen molar-refractivity contribution in [2.75, 3.05) is 0 Å². The summed E-state index contributed by atoms with van der Waals surface area (Å²) in [5.41, 5.74) is 0. The Morgan fingerprint density at radius 1 is 1.00 bits per heavy atom. The van der Waals surface area contributed by atoms with Crippen LogP contribution in [0.25, 0.3) is 0 Å². The van der Waals surface area contributed by atoms with Crippen LogP contribution in [-0.2, 0) is 0 Å². The highest BCUT2D eigenvalue weighted by molar-refractivity contribution is 9.11. The second-order valence-electron chi connectivity index (χ2n) is 1.44. The molecule has 0 saturated heterocycles. The molecular formula is C6H4Br2. The van der Waals surface area contributed by atoms with Crippen molar-refractivity contribution in [2.24, 2.45) is 0 Å². The van der Waals surface area contributed by atoms with Gasteiger partial charge in [-0.2, -0.15) is 0 Å². The molecule has 0 saturated carbocycles. The molecule has 2 heteroatoms. The minimum atomic E-state index is 1.10. The highest BCUT2D eigenvalue weighted by Crippen LogP contribution is 2.15. The number of hydrogen-bond donors (Lipinski definition) is 0. The van der Waals surface area contributed by atoms with Crippen LogP contribution in [-0.4, -0.2) is 0 Å². The van der Waals surface area contributed by atoms with Crippen LogP contribution in [0, 0.1) is 0 Å². The number of hydrogen-bond acceptors (Lipinski definition) is 0. The lowest BCUT2D eigenvalue weighted by atomic mass is 11.4. The Hall–Kier alpha value is 0.180. The van der Waals surface area contributed by atoms with Crippen molar-refractivity contribution in [3.63, 3.8) is 0 Å². The van der Waals surface area contributed by atoms with Crippen LogP contribution >= 0.6 is 31.9 Å². The van der Waals surface area contributed by atoms with Gasteiger partial charge in [0.25, 0.3) is 0 Å². The maximum atomic E-state index is 3.33. The van der Waals surface area contributed by atoms with Crippen molar-refractivity contribution in [1.29, 1.82) is 0 Å². The Morgan fingerprint density at radius 2 is 1.50 bits per heavy atom. The van der Waals surface area contributed by atoms with Gasteiger partial charge >= 0.3 is 0 Å². The molecule has 1 rings (SSSR count). The fourth-order valence-corrected chi connectivity index (χ4v) is 1.57. The summed E-state index contributed by atoms with van der Waals surface area (Å²) in [5, 5.41) is 0. The van der Waals surface area contributed by atoms with Crippen molar-refractivity contribution >= 4 is 31.9 Å². The lowest BCUT2D eigenvalue weighted by Crippen LogP contribution is -1.61. The fraction of sp³-hybridized carbons (Fsp3) is 0. The summed E-state index contributed by atoms with van der Waals surface area (Å²) in [5.74, 6) is 0. The molecule has 0 aliphatic heterocycles. The predicted molar refractivity (Wildman–Crippen MR) is 41.8 cm³/mol. The van der Waals surface area contributed by atoms with Crippen LogP contribution < -0.4 is 0 Å². The summed E-state index contributed by atoms with van der Waals surface area (Å²) in [6, 6.07) is 7.96. The summed E-state index contributed by atoms with van der Waals surface area (Å²) < 4.78 is 2.21. The second kappa shape index (κ2) is 2.65. The molecule has 0 aliphatic rings. The van der Waals surface area contributed by atoms with Crippen LogP contribution in [0.2, 0.25) is 0 Å². The molecule has 0 aromatic heterocycles. The first-order chi connectivity index (χ1) is 3.79. The first-order valence-electron chi connectivity index (χ1n) is 2.20. The minimum absolute atomic E-state index is 1.10. The maximum Gasteiger partial charge on any atom is 0.0186 e. The predicted octanol–water partition coefficient (Wildman–Crippen LogP) is 3.21. The smallest absolute Gasteiger partial charge is 0.0186 e. The van der Waals surface area contributed by atoms with E-state index in [0.717, 1.165) is 8.95 Å². The Balaban J connectivity index is 3.08. The third-order valence-corrected chi connectivity index (χ3v) is 1.77. The third kappa shape index (κ3) is 1.60. The first-order valence-corrected chi connectivity index (χ1v) is 3.79. The molecule has 0 N–H and O–H groups in total. The van der Waals surface area contributed by atoms with Gasteiger partial charge in [0.2, 0.25) is 0 Å². The van der Waals surface area contributed by atoms with E-state index in [-0.39, 0.29) is 0 Å². The molecular weight excluding hydrogens is 238 g/mol. The summed E-state index contributed by atoms with van der Waals surface area (Å²) in [7, 11) is 0. The van der Waals surface area contributed by atoms with Gasteiger partial charge < -0.3 is 0 Å². The lowest BCUT2D eigenvalue weighted by molar-refractivity contribution is 1.60. The highest BCUT2D eigenvalue weighted by Gasteiger charge is 1.84. The van der Waals surface area contributed by atoms with Gasteiger partial charge in [-0.25, -0.2) is 0 Å². The zero-order valence-corrected chi connectivity index (χ0v) is 7.24. The Bertz CT molecular complexity index is 166. The van der Waals surface area contributed by atoms with Crippen LogP contribution in [0.3, 0.4) is 0 Å². The summed E-state index contributed by atoms with van der Waals surface area (Å²) >= 11 is 6.66. The zero-order valence-electron chi connectivity index (χ0n) is 4.07. The van der Waals surface area contributed by atoms with E-state index in [2.05, 4.69) is 31.9 Å². The van der Waals surface area contributed by atoms with Crippen LogP contribution in [0.5, 0.6) is 0 Å². The van der Waals surface area contributed by atoms with Gasteiger partial charge in [0.1, 0.15) is 0 Å². The second-order valence-corrected chi connectivity index (χ2v) is 3.27. The maximum absolute atomic E-state index is 3.33. The number of benzene rings is 1. The normalized spacial score (nSPS) is 9.25. The standard InChI is InChI=1S/C6H4Br2/c7-5-2-1-3-6(8)4-5/h1-4H/i1+1,2+1,3+1,4+1,5+1,6+1. The van der Waals surface area contributed by atoms with Crippen molar-refractivity contribution < 1.29 is 0 Å². The van der Waals surface area contributed by atoms with Gasteiger partial charge in [0, 0.05) is 8.95 Å². The van der Waals surface area contributed by atoms with Gasteiger partial charge in [-0.15, -0.1) is 0 Å². The van der Waals surface area contributed by atoms with E-state index >= 15 is 0 Å². The van der Waals surface area contributed by atoms with Gasteiger partial charge in [-0.05, 0) is 18.2 Å². The molecule has 0 fully saturated rings. The molecule has 0 heterocycles. The zero-order chi connectivity index (χ0) is 5.98. The van der Waals surface area contributed by atoms with Crippen molar-refractivity contribution in [1.82, 2.24) is 0 Å².